The molecule has 1 amide bonds. The van der Waals surface area contributed by atoms with Crippen LogP contribution < -0.4 is 9.62 Å². The van der Waals surface area contributed by atoms with E-state index in [0.717, 1.165) is 25.2 Å². The minimum absolute atomic E-state index is 0.0904. The van der Waals surface area contributed by atoms with Crippen LogP contribution in [-0.4, -0.2) is 51.9 Å². The van der Waals surface area contributed by atoms with Crippen molar-refractivity contribution in [2.75, 3.05) is 37.4 Å². The number of amides is 1. The summed E-state index contributed by atoms with van der Waals surface area (Å²) in [6.45, 7) is 8.34. The summed E-state index contributed by atoms with van der Waals surface area (Å²) in [4.78, 5) is 16.2. The lowest BCUT2D eigenvalue weighted by molar-refractivity contribution is -0.902. The Morgan fingerprint density at radius 2 is 1.81 bits per heavy atom. The second-order valence-corrected chi connectivity index (χ2v) is 8.58. The summed E-state index contributed by atoms with van der Waals surface area (Å²) < 4.78 is 28.0. The first kappa shape index (κ1) is 19.4. The average Bonchev–Trinajstić information content (AvgIpc) is 2.67. The predicted molar refractivity (Wildman–Crippen MR) is 106 cm³/mol. The molecule has 144 valence electrons. The molecule has 0 aromatic heterocycles. The molecule has 2 aromatic carbocycles. The van der Waals surface area contributed by atoms with E-state index >= 15 is 0 Å². The first-order valence-electron chi connectivity index (χ1n) is 9.21. The zero-order valence-corrected chi connectivity index (χ0v) is 16.6. The highest BCUT2D eigenvalue weighted by Gasteiger charge is 2.24. The lowest BCUT2D eigenvalue weighted by Crippen LogP contribution is -3.14. The van der Waals surface area contributed by atoms with Crippen LogP contribution >= 0.6 is 0 Å². The summed E-state index contributed by atoms with van der Waals surface area (Å²) in [5.41, 5.74) is 1.87. The third kappa shape index (κ3) is 4.67. The number of carbonyl (C=O) groups excluding carboxylic acids is 1. The number of likely N-dealkylation sites (N-methyl/N-ethyl adjacent to an activating group) is 1. The van der Waals surface area contributed by atoms with Gasteiger partial charge < -0.3 is 9.80 Å². The zero-order valence-electron chi connectivity index (χ0n) is 15.7. The normalized spacial score (nSPS) is 15.6. The van der Waals surface area contributed by atoms with Gasteiger partial charge in [0.05, 0.1) is 37.6 Å². The largest absolute Gasteiger partial charge is 0.332 e. The van der Waals surface area contributed by atoms with Crippen LogP contribution in [0.2, 0.25) is 0 Å². The Morgan fingerprint density at radius 3 is 2.48 bits per heavy atom. The molecule has 6 nitrogen and oxygen atoms in total. The molecule has 0 aliphatic carbocycles. The Balaban J connectivity index is 1.77. The van der Waals surface area contributed by atoms with Crippen LogP contribution in [0.3, 0.4) is 0 Å². The molecule has 1 aliphatic rings. The molecule has 2 N–H and O–H groups in total. The molecular weight excluding hydrogens is 362 g/mol. The number of hydrogen-bond donors (Lipinski definition) is 2. The smallest absolute Gasteiger partial charge is 0.261 e. The number of hydrogen-bond acceptors (Lipinski definition) is 3. The highest BCUT2D eigenvalue weighted by Crippen LogP contribution is 2.19. The van der Waals surface area contributed by atoms with Gasteiger partial charge in [0.25, 0.3) is 15.9 Å². The van der Waals surface area contributed by atoms with E-state index in [0.29, 0.717) is 24.3 Å². The van der Waals surface area contributed by atoms with E-state index in [9.17, 15) is 13.2 Å². The number of anilines is 1. The van der Waals surface area contributed by atoms with Gasteiger partial charge in [-0.25, -0.2) is 8.42 Å². The number of quaternary nitrogens is 1. The lowest BCUT2D eigenvalue weighted by Gasteiger charge is -2.31. The third-order valence-electron chi connectivity index (χ3n) is 4.92. The van der Waals surface area contributed by atoms with Crippen molar-refractivity contribution >= 4 is 21.6 Å². The SMILES string of the molecule is CC[NH+]1CCN(C(=O)c2cccc(S(=O)(=O)Nc3cccc(C)c3)c2)CC1. The number of benzene rings is 2. The minimum atomic E-state index is -3.75. The van der Waals surface area contributed by atoms with Crippen LogP contribution in [0.5, 0.6) is 0 Å². The van der Waals surface area contributed by atoms with E-state index in [4.69, 9.17) is 0 Å². The van der Waals surface area contributed by atoms with Gasteiger partial charge >= 0.3 is 0 Å². The topological polar surface area (TPSA) is 70.9 Å². The Bertz CT molecular complexity index is 920. The van der Waals surface area contributed by atoms with Crippen molar-refractivity contribution in [3.05, 3.63) is 59.7 Å². The van der Waals surface area contributed by atoms with Crippen LogP contribution in [0.4, 0.5) is 5.69 Å². The second kappa shape index (κ2) is 8.10. The molecule has 0 spiro atoms. The fourth-order valence-electron chi connectivity index (χ4n) is 3.28. The first-order chi connectivity index (χ1) is 12.9. The summed E-state index contributed by atoms with van der Waals surface area (Å²) >= 11 is 0. The standard InChI is InChI=1S/C20H25N3O3S/c1-3-22-10-12-23(13-11-22)20(24)17-7-5-9-19(15-17)27(25,26)21-18-8-4-6-16(2)14-18/h4-9,14-15,21H,3,10-13H2,1-2H3/p+1. The number of nitrogens with one attached hydrogen (secondary N) is 2. The summed E-state index contributed by atoms with van der Waals surface area (Å²) in [6.07, 6.45) is 0. The van der Waals surface area contributed by atoms with Gasteiger partial charge in [-0.05, 0) is 49.7 Å². The van der Waals surface area contributed by atoms with E-state index in [2.05, 4.69) is 11.6 Å². The van der Waals surface area contributed by atoms with Crippen molar-refractivity contribution < 1.29 is 18.1 Å². The summed E-state index contributed by atoms with van der Waals surface area (Å²) in [5.74, 6) is -0.113. The van der Waals surface area contributed by atoms with Gasteiger partial charge in [-0.2, -0.15) is 0 Å². The molecular formula is C20H26N3O3S+. The molecule has 2 aromatic rings. The monoisotopic (exact) mass is 388 g/mol. The molecule has 0 atom stereocenters. The molecule has 1 aliphatic heterocycles. The molecule has 0 radical (unpaired) electrons. The average molecular weight is 389 g/mol. The summed E-state index contributed by atoms with van der Waals surface area (Å²) in [5, 5.41) is 0. The van der Waals surface area contributed by atoms with Gasteiger partial charge in [-0.3, -0.25) is 9.52 Å². The van der Waals surface area contributed by atoms with Crippen molar-refractivity contribution in [1.29, 1.82) is 0 Å². The van der Waals surface area contributed by atoms with Crippen molar-refractivity contribution in [2.24, 2.45) is 0 Å². The van der Waals surface area contributed by atoms with E-state index in [1.54, 1.807) is 35.2 Å². The highest BCUT2D eigenvalue weighted by molar-refractivity contribution is 7.92. The number of nitrogens with zero attached hydrogens (tertiary/aromatic N) is 1. The van der Waals surface area contributed by atoms with Gasteiger partial charge in [-0.1, -0.05) is 18.2 Å². The van der Waals surface area contributed by atoms with Gasteiger partial charge in [-0.15, -0.1) is 0 Å². The molecule has 1 saturated heterocycles. The maximum atomic E-state index is 12.8. The van der Waals surface area contributed by atoms with Crippen LogP contribution in [-0.2, 0) is 10.0 Å². The van der Waals surface area contributed by atoms with Crippen molar-refractivity contribution in [3.8, 4) is 0 Å². The third-order valence-corrected chi connectivity index (χ3v) is 6.30. The van der Waals surface area contributed by atoms with Gasteiger partial charge in [0.15, 0.2) is 0 Å². The van der Waals surface area contributed by atoms with E-state index < -0.39 is 10.0 Å². The molecule has 27 heavy (non-hydrogen) atoms. The van der Waals surface area contributed by atoms with Gasteiger partial charge in [0.1, 0.15) is 0 Å². The predicted octanol–water partition coefficient (Wildman–Crippen LogP) is 1.16. The Morgan fingerprint density at radius 1 is 1.11 bits per heavy atom. The number of rotatable bonds is 5. The zero-order chi connectivity index (χ0) is 19.4. The molecule has 0 unspecified atom stereocenters. The van der Waals surface area contributed by atoms with E-state index in [1.165, 1.54) is 17.0 Å². The van der Waals surface area contributed by atoms with Crippen molar-refractivity contribution in [1.82, 2.24) is 4.90 Å². The molecule has 0 bridgehead atoms. The van der Waals surface area contributed by atoms with E-state index in [1.807, 2.05) is 13.0 Å². The lowest BCUT2D eigenvalue weighted by atomic mass is 10.2. The van der Waals surface area contributed by atoms with Crippen molar-refractivity contribution in [2.45, 2.75) is 18.7 Å². The van der Waals surface area contributed by atoms with E-state index in [-0.39, 0.29) is 10.8 Å². The highest BCUT2D eigenvalue weighted by atomic mass is 32.2. The number of aryl methyl sites for hydroxylation is 1. The van der Waals surface area contributed by atoms with Crippen LogP contribution in [0.15, 0.2) is 53.4 Å². The fourth-order valence-corrected chi connectivity index (χ4v) is 4.38. The second-order valence-electron chi connectivity index (χ2n) is 6.90. The Kier molecular flexibility index (Phi) is 5.82. The van der Waals surface area contributed by atoms with Gasteiger partial charge in [0, 0.05) is 11.3 Å². The molecule has 7 heteroatoms. The van der Waals surface area contributed by atoms with Gasteiger partial charge in [0.2, 0.25) is 0 Å². The molecule has 3 rings (SSSR count). The number of piperazine rings is 1. The Hall–Kier alpha value is -2.38. The molecule has 1 fully saturated rings. The van der Waals surface area contributed by atoms with Crippen LogP contribution in [0.25, 0.3) is 0 Å². The molecule has 0 saturated carbocycles. The summed E-state index contributed by atoms with van der Waals surface area (Å²) in [6, 6.07) is 13.4. The number of sulfonamides is 1. The molecule has 1 heterocycles. The Labute approximate surface area is 160 Å². The van der Waals surface area contributed by atoms with Crippen molar-refractivity contribution in [3.63, 3.8) is 0 Å². The quantitative estimate of drug-likeness (QED) is 0.807. The number of carbonyl (C=O) groups is 1. The fraction of sp³-hybridized carbons (Fsp3) is 0.350. The maximum absolute atomic E-state index is 12.8. The minimum Gasteiger partial charge on any atom is -0.332 e. The maximum Gasteiger partial charge on any atom is 0.261 e. The first-order valence-corrected chi connectivity index (χ1v) is 10.7. The van der Waals surface area contributed by atoms with Crippen LogP contribution in [0, 0.1) is 6.92 Å². The summed E-state index contributed by atoms with van der Waals surface area (Å²) in [7, 11) is -3.75. The van der Waals surface area contributed by atoms with Crippen LogP contribution in [0.1, 0.15) is 22.8 Å².